The van der Waals surface area contributed by atoms with Crippen molar-refractivity contribution in [1.82, 2.24) is 15.5 Å². The van der Waals surface area contributed by atoms with Crippen molar-refractivity contribution < 1.29 is 0 Å². The van der Waals surface area contributed by atoms with Crippen molar-refractivity contribution in [3.8, 4) is 11.3 Å². The van der Waals surface area contributed by atoms with Crippen molar-refractivity contribution in [2.45, 2.75) is 32.9 Å². The minimum atomic E-state index is -0.129. The predicted octanol–water partition coefficient (Wildman–Crippen LogP) is 2.32. The van der Waals surface area contributed by atoms with Gasteiger partial charge in [-0.15, -0.1) is 0 Å². The summed E-state index contributed by atoms with van der Waals surface area (Å²) in [7, 11) is 0. The highest BCUT2D eigenvalue weighted by Gasteiger charge is 2.06. The van der Waals surface area contributed by atoms with Crippen molar-refractivity contribution in [2.75, 3.05) is 0 Å². The molecule has 0 aliphatic heterocycles. The first-order valence-corrected chi connectivity index (χ1v) is 6.58. The lowest BCUT2D eigenvalue weighted by molar-refractivity contribution is 0.531. The van der Waals surface area contributed by atoms with E-state index in [1.54, 1.807) is 0 Å². The molecule has 1 heterocycles. The molecule has 4 nitrogen and oxygen atoms in total. The molecule has 4 heteroatoms. The van der Waals surface area contributed by atoms with Gasteiger partial charge in [-0.25, -0.2) is 5.10 Å². The molecule has 0 fully saturated rings. The van der Waals surface area contributed by atoms with Crippen LogP contribution in [-0.4, -0.2) is 16.2 Å². The van der Waals surface area contributed by atoms with Gasteiger partial charge < -0.3 is 5.32 Å². The fourth-order valence-electron chi connectivity index (χ4n) is 1.76. The Labute approximate surface area is 112 Å². The highest BCUT2D eigenvalue weighted by atomic mass is 16.1. The molecule has 0 aliphatic rings. The van der Waals surface area contributed by atoms with E-state index >= 15 is 0 Å². The van der Waals surface area contributed by atoms with Gasteiger partial charge in [0.2, 0.25) is 0 Å². The minimum absolute atomic E-state index is 0.129. The molecule has 0 amide bonds. The van der Waals surface area contributed by atoms with Crippen LogP contribution in [0.1, 0.15) is 25.8 Å². The van der Waals surface area contributed by atoms with E-state index in [1.807, 2.05) is 36.4 Å². The second-order valence-corrected chi connectivity index (χ2v) is 4.66. The average molecular weight is 257 g/mol. The number of hydrogen-bond acceptors (Lipinski definition) is 3. The summed E-state index contributed by atoms with van der Waals surface area (Å²) in [5.74, 6) is 0. The van der Waals surface area contributed by atoms with Crippen LogP contribution in [0, 0.1) is 0 Å². The first kappa shape index (κ1) is 13.5. The van der Waals surface area contributed by atoms with Gasteiger partial charge in [0, 0.05) is 23.7 Å². The highest BCUT2D eigenvalue weighted by molar-refractivity contribution is 5.58. The Hall–Kier alpha value is -1.94. The monoisotopic (exact) mass is 257 g/mol. The van der Waals surface area contributed by atoms with E-state index in [0.29, 0.717) is 18.2 Å². The average Bonchev–Trinajstić information content (AvgIpc) is 2.47. The topological polar surface area (TPSA) is 57.8 Å². The maximum atomic E-state index is 11.7. The number of nitrogens with zero attached hydrogens (tertiary/aromatic N) is 1. The van der Waals surface area contributed by atoms with Gasteiger partial charge >= 0.3 is 0 Å². The molecule has 0 aliphatic carbocycles. The lowest BCUT2D eigenvalue weighted by Crippen LogP contribution is -2.28. The maximum Gasteiger partial charge on any atom is 0.268 e. The Morgan fingerprint density at radius 2 is 2.05 bits per heavy atom. The zero-order valence-electron chi connectivity index (χ0n) is 11.3. The van der Waals surface area contributed by atoms with Crippen LogP contribution in [-0.2, 0) is 6.54 Å². The second-order valence-electron chi connectivity index (χ2n) is 4.66. The molecule has 0 bridgehead atoms. The number of benzene rings is 1. The van der Waals surface area contributed by atoms with Crippen molar-refractivity contribution in [1.29, 1.82) is 0 Å². The molecule has 0 saturated heterocycles. The number of H-pyrrole nitrogens is 1. The maximum absolute atomic E-state index is 11.7. The van der Waals surface area contributed by atoms with Gasteiger partial charge in [-0.1, -0.05) is 37.3 Å². The van der Waals surface area contributed by atoms with Crippen molar-refractivity contribution in [2.24, 2.45) is 0 Å². The van der Waals surface area contributed by atoms with E-state index in [4.69, 9.17) is 0 Å². The minimum Gasteiger partial charge on any atom is -0.310 e. The Morgan fingerprint density at radius 1 is 1.32 bits per heavy atom. The summed E-state index contributed by atoms with van der Waals surface area (Å²) in [5.41, 5.74) is 2.38. The van der Waals surface area contributed by atoms with E-state index in [-0.39, 0.29) is 5.56 Å². The number of aromatic amines is 1. The molecule has 0 saturated carbocycles. The molecule has 2 rings (SSSR count). The standard InChI is InChI=1S/C15H19N3O/c1-3-11(2)16-10-13-9-14(17-18-15(13)19)12-7-5-4-6-8-12/h4-9,11,16H,3,10H2,1-2H3,(H,18,19). The van der Waals surface area contributed by atoms with Gasteiger partial charge in [-0.05, 0) is 19.4 Å². The highest BCUT2D eigenvalue weighted by Crippen LogP contribution is 2.15. The van der Waals surface area contributed by atoms with Crippen molar-refractivity contribution >= 4 is 0 Å². The van der Waals surface area contributed by atoms with Crippen molar-refractivity contribution in [3.05, 3.63) is 52.3 Å². The number of rotatable bonds is 5. The number of aromatic nitrogens is 2. The molecule has 1 aromatic carbocycles. The Bertz CT molecular complexity index is 577. The molecular formula is C15H19N3O. The largest absolute Gasteiger partial charge is 0.310 e. The van der Waals surface area contributed by atoms with E-state index in [2.05, 4.69) is 29.4 Å². The van der Waals surface area contributed by atoms with Crippen LogP contribution in [0.5, 0.6) is 0 Å². The fraction of sp³-hybridized carbons (Fsp3) is 0.333. The molecule has 0 spiro atoms. The number of hydrogen-bond donors (Lipinski definition) is 2. The van der Waals surface area contributed by atoms with Gasteiger partial charge in [0.1, 0.15) is 0 Å². The summed E-state index contributed by atoms with van der Waals surface area (Å²) in [5, 5.41) is 9.97. The summed E-state index contributed by atoms with van der Waals surface area (Å²) in [6.45, 7) is 4.78. The molecule has 100 valence electrons. The molecule has 1 unspecified atom stereocenters. The SMILES string of the molecule is CCC(C)NCc1cc(-c2ccccc2)n[nH]c1=O. The van der Waals surface area contributed by atoms with Crippen LogP contribution in [0.4, 0.5) is 0 Å². The summed E-state index contributed by atoms with van der Waals surface area (Å²) >= 11 is 0. The normalized spacial score (nSPS) is 12.3. The summed E-state index contributed by atoms with van der Waals surface area (Å²) in [6, 6.07) is 12.1. The molecule has 0 radical (unpaired) electrons. The van der Waals surface area contributed by atoms with Gasteiger partial charge in [0.05, 0.1) is 5.69 Å². The molecule has 2 N–H and O–H groups in total. The summed E-state index contributed by atoms with van der Waals surface area (Å²) in [4.78, 5) is 11.7. The molecule has 1 atom stereocenters. The smallest absolute Gasteiger partial charge is 0.268 e. The second kappa shape index (κ2) is 6.29. The van der Waals surface area contributed by atoms with Crippen LogP contribution in [0.25, 0.3) is 11.3 Å². The van der Waals surface area contributed by atoms with Crippen LogP contribution in [0.2, 0.25) is 0 Å². The first-order chi connectivity index (χ1) is 9.20. The molecule has 19 heavy (non-hydrogen) atoms. The molecule has 2 aromatic rings. The van der Waals surface area contributed by atoms with E-state index < -0.39 is 0 Å². The zero-order chi connectivity index (χ0) is 13.7. The molecular weight excluding hydrogens is 238 g/mol. The van der Waals surface area contributed by atoms with Gasteiger partial charge in [0.25, 0.3) is 5.56 Å². The van der Waals surface area contributed by atoms with Crippen LogP contribution < -0.4 is 10.9 Å². The predicted molar refractivity (Wildman–Crippen MR) is 76.9 cm³/mol. The Kier molecular flexibility index (Phi) is 4.47. The molecule has 1 aromatic heterocycles. The van der Waals surface area contributed by atoms with Gasteiger partial charge in [-0.2, -0.15) is 5.10 Å². The third kappa shape index (κ3) is 3.51. The summed E-state index contributed by atoms with van der Waals surface area (Å²) < 4.78 is 0. The van der Waals surface area contributed by atoms with E-state index in [9.17, 15) is 4.79 Å². The van der Waals surface area contributed by atoms with Crippen LogP contribution >= 0.6 is 0 Å². The zero-order valence-corrected chi connectivity index (χ0v) is 11.3. The van der Waals surface area contributed by atoms with Crippen LogP contribution in [0.15, 0.2) is 41.2 Å². The Morgan fingerprint density at radius 3 is 2.74 bits per heavy atom. The first-order valence-electron chi connectivity index (χ1n) is 6.58. The van der Waals surface area contributed by atoms with Crippen molar-refractivity contribution in [3.63, 3.8) is 0 Å². The third-order valence-corrected chi connectivity index (χ3v) is 3.20. The Balaban J connectivity index is 2.23. The third-order valence-electron chi connectivity index (χ3n) is 3.20. The van der Waals surface area contributed by atoms with Crippen LogP contribution in [0.3, 0.4) is 0 Å². The summed E-state index contributed by atoms with van der Waals surface area (Å²) in [6.07, 6.45) is 1.04. The van der Waals surface area contributed by atoms with Gasteiger partial charge in [-0.3, -0.25) is 4.79 Å². The van der Waals surface area contributed by atoms with Gasteiger partial charge in [0.15, 0.2) is 0 Å². The quantitative estimate of drug-likeness (QED) is 0.864. The lowest BCUT2D eigenvalue weighted by atomic mass is 10.1. The number of nitrogens with one attached hydrogen (secondary N) is 2. The lowest BCUT2D eigenvalue weighted by Gasteiger charge is -2.11. The fourth-order valence-corrected chi connectivity index (χ4v) is 1.76. The van der Waals surface area contributed by atoms with E-state index in [1.165, 1.54) is 0 Å². The van der Waals surface area contributed by atoms with E-state index in [0.717, 1.165) is 17.7 Å².